The van der Waals surface area contributed by atoms with Crippen molar-refractivity contribution in [3.05, 3.63) is 130 Å². The number of ether oxygens (including phenoxy) is 6. The number of carbonyl (C=O) groups excluding carboxylic acids is 1. The quantitative estimate of drug-likeness (QED) is 0.127. The Kier molecular flexibility index (Phi) is 9.92. The molecule has 0 N–H and O–H groups in total. The van der Waals surface area contributed by atoms with Crippen LogP contribution < -0.4 is 28.4 Å². The zero-order valence-corrected chi connectivity index (χ0v) is 31.5. The van der Waals surface area contributed by atoms with Gasteiger partial charge in [-0.25, -0.2) is 0 Å². The second-order valence-corrected chi connectivity index (χ2v) is 14.4. The molecule has 6 bridgehead atoms. The Balaban J connectivity index is 1.28. The van der Waals surface area contributed by atoms with E-state index in [-0.39, 0.29) is 24.5 Å². The number of rotatable bonds is 6. The van der Waals surface area contributed by atoms with Crippen LogP contribution in [0.15, 0.2) is 91.0 Å². The fraction of sp³-hybridized carbons (Fsp3) is 0.311. The lowest BCUT2D eigenvalue weighted by Gasteiger charge is -2.37. The molecule has 0 aliphatic carbocycles. The second kappa shape index (κ2) is 15.1. The first-order chi connectivity index (χ1) is 26.3. The molecule has 4 aliphatic rings. The van der Waals surface area contributed by atoms with Gasteiger partial charge in [-0.3, -0.25) is 14.6 Å². The third-order valence-corrected chi connectivity index (χ3v) is 11.0. The van der Waals surface area contributed by atoms with Crippen molar-refractivity contribution in [1.29, 1.82) is 0 Å². The minimum atomic E-state index is -0.359. The molecule has 9 nitrogen and oxygen atoms in total. The fourth-order valence-corrected chi connectivity index (χ4v) is 8.11. The molecule has 9 heteroatoms. The van der Waals surface area contributed by atoms with Crippen molar-refractivity contribution < 1.29 is 33.2 Å². The molecule has 9 rings (SSSR count). The van der Waals surface area contributed by atoms with Crippen LogP contribution in [0.3, 0.4) is 0 Å². The molecule has 4 heterocycles. The summed E-state index contributed by atoms with van der Waals surface area (Å²) in [6.45, 7) is 1.77. The molecule has 0 aromatic heterocycles. The van der Waals surface area contributed by atoms with Crippen LogP contribution in [0.1, 0.15) is 51.0 Å². The summed E-state index contributed by atoms with van der Waals surface area (Å²) in [5, 5.41) is 0. The lowest BCUT2D eigenvalue weighted by molar-refractivity contribution is -0.133. The molecule has 0 spiro atoms. The SMILES string of the molecule is COc1cc2c3cc1Oc1c(OC)c(OC)cc4c1[C@@H](Cc1ccc(OC(=O)Cc5ccccc5)c(c1)Oc1ccc(cc1)C[C@@H]3N(C)CC2)N(C)CC4. The standard InChI is InChI=1S/C45H46N2O7/c1-46-19-17-31-25-38(49-3)40-27-34(31)35(46)21-29-11-14-33(15-12-29)52-39-23-30(13-16-37(39)53-42(48)24-28-9-7-6-8-10-28)22-36-43-32(18-20-47(36)2)26-41(50-4)44(51-5)45(43)54-40/h6-16,23,25-27,35-36H,17-22,24H2,1-5H3/t35-,36+/m0/s1. The van der Waals surface area contributed by atoms with Crippen LogP contribution in [0.2, 0.25) is 0 Å². The van der Waals surface area contributed by atoms with Gasteiger partial charge in [0.25, 0.3) is 0 Å². The van der Waals surface area contributed by atoms with Crippen molar-refractivity contribution in [2.45, 2.75) is 44.2 Å². The number of hydrogen-bond donors (Lipinski definition) is 0. The van der Waals surface area contributed by atoms with Gasteiger partial charge in [0.15, 0.2) is 34.5 Å². The molecule has 278 valence electrons. The van der Waals surface area contributed by atoms with Crippen molar-refractivity contribution >= 4 is 5.97 Å². The van der Waals surface area contributed by atoms with Crippen molar-refractivity contribution in [2.24, 2.45) is 0 Å². The highest BCUT2D eigenvalue weighted by molar-refractivity contribution is 5.76. The largest absolute Gasteiger partial charge is 0.493 e. The van der Waals surface area contributed by atoms with Gasteiger partial charge in [0.05, 0.1) is 27.8 Å². The van der Waals surface area contributed by atoms with Crippen LogP contribution >= 0.6 is 0 Å². The van der Waals surface area contributed by atoms with E-state index in [2.05, 4.69) is 54.2 Å². The first kappa shape index (κ1) is 35.5. The molecule has 0 saturated heterocycles. The van der Waals surface area contributed by atoms with E-state index in [1.54, 1.807) is 21.3 Å². The molecule has 54 heavy (non-hydrogen) atoms. The Bertz CT molecular complexity index is 2170. The van der Waals surface area contributed by atoms with E-state index < -0.39 is 0 Å². The summed E-state index contributed by atoms with van der Waals surface area (Å²) >= 11 is 0. The van der Waals surface area contributed by atoms with Gasteiger partial charge in [-0.1, -0.05) is 48.5 Å². The van der Waals surface area contributed by atoms with Crippen molar-refractivity contribution in [2.75, 3.05) is 48.5 Å². The van der Waals surface area contributed by atoms with Gasteiger partial charge in [-0.05, 0) is 116 Å². The zero-order valence-electron chi connectivity index (χ0n) is 31.5. The average molecular weight is 727 g/mol. The van der Waals surface area contributed by atoms with E-state index in [9.17, 15) is 4.79 Å². The molecule has 0 saturated carbocycles. The van der Waals surface area contributed by atoms with E-state index in [1.807, 2.05) is 60.7 Å². The van der Waals surface area contributed by atoms with Crippen LogP contribution in [-0.2, 0) is 36.9 Å². The average Bonchev–Trinajstić information content (AvgIpc) is 3.18. The molecule has 2 atom stereocenters. The number of hydrogen-bond acceptors (Lipinski definition) is 9. The van der Waals surface area contributed by atoms with Crippen molar-refractivity contribution in [3.63, 3.8) is 0 Å². The summed E-state index contributed by atoms with van der Waals surface area (Å²) in [5.74, 6) is 4.21. The lowest BCUT2D eigenvalue weighted by Crippen LogP contribution is -2.34. The molecule has 0 fully saturated rings. The van der Waals surface area contributed by atoms with Crippen LogP contribution in [-0.4, -0.2) is 64.3 Å². The minimum absolute atomic E-state index is 0.0939. The maximum Gasteiger partial charge on any atom is 0.315 e. The molecule has 5 aromatic rings. The normalized spacial score (nSPS) is 17.9. The van der Waals surface area contributed by atoms with E-state index in [4.69, 9.17) is 28.4 Å². The smallest absolute Gasteiger partial charge is 0.315 e. The van der Waals surface area contributed by atoms with Crippen LogP contribution in [0.5, 0.6) is 46.0 Å². The summed E-state index contributed by atoms with van der Waals surface area (Å²) in [7, 11) is 9.32. The first-order valence-electron chi connectivity index (χ1n) is 18.5. The van der Waals surface area contributed by atoms with Gasteiger partial charge in [0.2, 0.25) is 5.75 Å². The summed E-state index contributed by atoms with van der Waals surface area (Å²) in [4.78, 5) is 18.0. The number of fused-ring (bicyclic) bond motifs is 2. The van der Waals surface area contributed by atoms with Crippen LogP contribution in [0.4, 0.5) is 0 Å². The Morgan fingerprint density at radius 3 is 2.09 bits per heavy atom. The minimum Gasteiger partial charge on any atom is -0.493 e. The molecule has 0 radical (unpaired) electrons. The summed E-state index contributed by atoms with van der Waals surface area (Å²) in [5.41, 5.74) is 7.69. The van der Waals surface area contributed by atoms with E-state index in [0.29, 0.717) is 52.4 Å². The van der Waals surface area contributed by atoms with Gasteiger partial charge < -0.3 is 28.4 Å². The van der Waals surface area contributed by atoms with Gasteiger partial charge in [0.1, 0.15) is 5.75 Å². The molecule has 5 aromatic carbocycles. The number of nitrogens with zero attached hydrogens (tertiary/aromatic N) is 2. The third-order valence-electron chi connectivity index (χ3n) is 11.0. The highest BCUT2D eigenvalue weighted by atomic mass is 16.6. The maximum atomic E-state index is 13.2. The number of methoxy groups -OCH3 is 3. The lowest BCUT2D eigenvalue weighted by atomic mass is 9.87. The topological polar surface area (TPSA) is 78.9 Å². The number of esters is 1. The monoisotopic (exact) mass is 726 g/mol. The van der Waals surface area contributed by atoms with Crippen molar-refractivity contribution in [3.8, 4) is 46.0 Å². The summed E-state index contributed by atoms with van der Waals surface area (Å²) in [6.07, 6.45) is 3.29. The highest BCUT2D eigenvalue weighted by Crippen LogP contribution is 2.52. The first-order valence-corrected chi connectivity index (χ1v) is 18.5. The Labute approximate surface area is 316 Å². The summed E-state index contributed by atoms with van der Waals surface area (Å²) < 4.78 is 37.6. The molecular weight excluding hydrogens is 681 g/mol. The van der Waals surface area contributed by atoms with Gasteiger partial charge in [-0.2, -0.15) is 0 Å². The Morgan fingerprint density at radius 2 is 1.35 bits per heavy atom. The third kappa shape index (κ3) is 6.97. The number of carbonyl (C=O) groups is 1. The van der Waals surface area contributed by atoms with E-state index in [0.717, 1.165) is 54.6 Å². The van der Waals surface area contributed by atoms with Crippen LogP contribution in [0.25, 0.3) is 0 Å². The Hall–Kier alpha value is -5.51. The van der Waals surface area contributed by atoms with Gasteiger partial charge in [0, 0.05) is 30.7 Å². The molecular formula is C45H46N2O7. The maximum absolute atomic E-state index is 13.2. The molecule has 0 unspecified atom stereocenters. The predicted octanol–water partition coefficient (Wildman–Crippen LogP) is 8.30. The zero-order chi connectivity index (χ0) is 37.3. The van der Waals surface area contributed by atoms with E-state index in [1.165, 1.54) is 16.7 Å². The van der Waals surface area contributed by atoms with Crippen LogP contribution in [0, 0.1) is 0 Å². The van der Waals surface area contributed by atoms with E-state index >= 15 is 0 Å². The predicted molar refractivity (Wildman–Crippen MR) is 207 cm³/mol. The number of likely N-dealkylation sites (N-methyl/N-ethyl adjacent to an activating group) is 2. The van der Waals surface area contributed by atoms with Gasteiger partial charge in [-0.15, -0.1) is 0 Å². The second-order valence-electron chi connectivity index (χ2n) is 14.4. The highest BCUT2D eigenvalue weighted by Gasteiger charge is 2.35. The molecule has 0 amide bonds. The summed E-state index contributed by atoms with van der Waals surface area (Å²) in [6, 6.07) is 30.0. The van der Waals surface area contributed by atoms with Crippen molar-refractivity contribution in [1.82, 2.24) is 9.80 Å². The molecule has 4 aliphatic heterocycles. The fourth-order valence-electron chi connectivity index (χ4n) is 8.11. The van der Waals surface area contributed by atoms with Gasteiger partial charge >= 0.3 is 5.97 Å². The number of benzene rings is 5. The Morgan fingerprint density at radius 1 is 0.685 bits per heavy atom.